The summed E-state index contributed by atoms with van der Waals surface area (Å²) in [4.78, 5) is 19.6. The molecule has 1 amide bonds. The lowest BCUT2D eigenvalue weighted by molar-refractivity contribution is -0.137. The first kappa shape index (κ1) is 27.0. The summed E-state index contributed by atoms with van der Waals surface area (Å²) in [6, 6.07) is 18.8. The fraction of sp³-hybridized carbons (Fsp3) is 0.367. The van der Waals surface area contributed by atoms with Gasteiger partial charge < -0.3 is 14.5 Å². The van der Waals surface area contributed by atoms with Gasteiger partial charge in [0.1, 0.15) is 11.6 Å². The van der Waals surface area contributed by atoms with Crippen molar-refractivity contribution >= 4 is 11.6 Å². The number of alkyl halides is 3. The molecule has 0 N–H and O–H groups in total. The third kappa shape index (κ3) is 6.19. The summed E-state index contributed by atoms with van der Waals surface area (Å²) in [5.74, 6) is -0.150. The van der Waals surface area contributed by atoms with Gasteiger partial charge in [0.25, 0.3) is 5.91 Å². The van der Waals surface area contributed by atoms with Crippen molar-refractivity contribution < 1.29 is 27.1 Å². The largest absolute Gasteiger partial charge is 0.497 e. The molecular weight excluding hydrogens is 510 g/mol. The third-order valence-electron chi connectivity index (χ3n) is 7.74. The van der Waals surface area contributed by atoms with E-state index in [0.29, 0.717) is 30.8 Å². The summed E-state index contributed by atoms with van der Waals surface area (Å²) in [7, 11) is 1.64. The fourth-order valence-corrected chi connectivity index (χ4v) is 5.65. The number of ether oxygens (including phenoxy) is 1. The minimum atomic E-state index is -4.44. The predicted molar refractivity (Wildman–Crippen MR) is 142 cm³/mol. The highest BCUT2D eigenvalue weighted by Gasteiger charge is 2.39. The van der Waals surface area contributed by atoms with E-state index in [2.05, 4.69) is 15.9 Å². The number of methoxy groups -OCH3 is 1. The maximum atomic E-state index is 13.5. The number of rotatable bonds is 6. The van der Waals surface area contributed by atoms with Crippen LogP contribution < -0.4 is 9.64 Å². The van der Waals surface area contributed by atoms with Crippen LogP contribution in [0.2, 0.25) is 0 Å². The number of benzene rings is 3. The minimum Gasteiger partial charge on any atom is -0.497 e. The molecule has 3 aromatic carbocycles. The van der Waals surface area contributed by atoms with Crippen molar-refractivity contribution in [3.8, 4) is 5.75 Å². The molecule has 0 spiro atoms. The molecule has 0 saturated carbocycles. The molecule has 9 heteroatoms. The number of halogens is 4. The van der Waals surface area contributed by atoms with Gasteiger partial charge in [0, 0.05) is 69.0 Å². The first-order valence-corrected chi connectivity index (χ1v) is 13.0. The van der Waals surface area contributed by atoms with E-state index in [-0.39, 0.29) is 17.7 Å². The molecule has 0 aliphatic carbocycles. The van der Waals surface area contributed by atoms with Crippen molar-refractivity contribution in [2.24, 2.45) is 5.92 Å². The molecule has 2 atom stereocenters. The number of carbonyl (C=O) groups is 1. The van der Waals surface area contributed by atoms with Crippen LogP contribution in [0, 0.1) is 11.7 Å². The maximum absolute atomic E-state index is 13.5. The number of nitrogens with zero attached hydrogens (tertiary/aromatic N) is 3. The summed E-state index contributed by atoms with van der Waals surface area (Å²) in [6.07, 6.45) is -4.44. The van der Waals surface area contributed by atoms with E-state index < -0.39 is 17.6 Å². The summed E-state index contributed by atoms with van der Waals surface area (Å²) in [5.41, 5.74) is 1.35. The minimum absolute atomic E-state index is 0.0405. The van der Waals surface area contributed by atoms with Gasteiger partial charge in [-0.25, -0.2) is 4.39 Å². The van der Waals surface area contributed by atoms with Gasteiger partial charge >= 0.3 is 6.18 Å². The van der Waals surface area contributed by atoms with E-state index in [4.69, 9.17) is 4.74 Å². The summed E-state index contributed by atoms with van der Waals surface area (Å²) in [6.45, 7) is 4.63. The highest BCUT2D eigenvalue weighted by atomic mass is 19.4. The van der Waals surface area contributed by atoms with Gasteiger partial charge in [-0.05, 0) is 53.9 Å². The number of carbonyl (C=O) groups excluding carboxylic acids is 1. The third-order valence-corrected chi connectivity index (χ3v) is 7.74. The van der Waals surface area contributed by atoms with Crippen LogP contribution in [0.1, 0.15) is 27.4 Å². The van der Waals surface area contributed by atoms with Crippen LogP contribution in [0.3, 0.4) is 0 Å². The van der Waals surface area contributed by atoms with Crippen molar-refractivity contribution in [1.82, 2.24) is 9.80 Å². The van der Waals surface area contributed by atoms with Gasteiger partial charge in [-0.3, -0.25) is 9.69 Å². The highest BCUT2D eigenvalue weighted by Crippen LogP contribution is 2.37. The average Bonchev–Trinajstić information content (AvgIpc) is 3.37. The Labute approximate surface area is 225 Å². The van der Waals surface area contributed by atoms with Crippen molar-refractivity contribution in [3.05, 3.63) is 95.3 Å². The molecule has 5 nitrogen and oxygen atoms in total. The molecule has 0 bridgehead atoms. The Kier molecular flexibility index (Phi) is 7.79. The van der Waals surface area contributed by atoms with E-state index >= 15 is 0 Å². The van der Waals surface area contributed by atoms with E-state index in [1.807, 2.05) is 18.2 Å². The topological polar surface area (TPSA) is 36.0 Å². The molecule has 5 rings (SSSR count). The van der Waals surface area contributed by atoms with Crippen LogP contribution in [0.4, 0.5) is 23.2 Å². The van der Waals surface area contributed by atoms with E-state index in [9.17, 15) is 22.4 Å². The molecule has 39 heavy (non-hydrogen) atoms. The molecule has 2 fully saturated rings. The molecule has 2 saturated heterocycles. The van der Waals surface area contributed by atoms with Gasteiger partial charge in [-0.1, -0.05) is 24.3 Å². The van der Waals surface area contributed by atoms with E-state index in [1.165, 1.54) is 36.4 Å². The van der Waals surface area contributed by atoms with Crippen molar-refractivity contribution in [2.75, 3.05) is 57.8 Å². The summed E-state index contributed by atoms with van der Waals surface area (Å²) >= 11 is 0. The number of hydrogen-bond acceptors (Lipinski definition) is 4. The second kappa shape index (κ2) is 11.3. The van der Waals surface area contributed by atoms with Gasteiger partial charge in [0.2, 0.25) is 0 Å². The zero-order valence-corrected chi connectivity index (χ0v) is 21.7. The van der Waals surface area contributed by atoms with E-state index in [1.54, 1.807) is 18.1 Å². The van der Waals surface area contributed by atoms with Crippen molar-refractivity contribution in [3.63, 3.8) is 0 Å². The molecule has 2 aliphatic rings. The normalized spacial score (nSPS) is 20.3. The van der Waals surface area contributed by atoms with Crippen LogP contribution in [-0.2, 0) is 6.18 Å². The smallest absolute Gasteiger partial charge is 0.416 e. The number of hydrogen-bond donors (Lipinski definition) is 0. The lowest BCUT2D eigenvalue weighted by Crippen LogP contribution is -2.48. The molecule has 3 aromatic rings. The molecule has 0 unspecified atom stereocenters. The Balaban J connectivity index is 1.32. The van der Waals surface area contributed by atoms with Crippen molar-refractivity contribution in [1.29, 1.82) is 0 Å². The average molecular weight is 542 g/mol. The quantitative estimate of drug-likeness (QED) is 0.385. The SMILES string of the molecule is COc1cccc(N2CCN(C[C@H]3CN(C(=O)c4ccc(F)cc4)C[C@@H]3c3cccc(C(F)(F)F)c3)CC2)c1. The number of amides is 1. The number of piperazine rings is 1. The first-order chi connectivity index (χ1) is 18.7. The fourth-order valence-electron chi connectivity index (χ4n) is 5.65. The second-order valence-corrected chi connectivity index (χ2v) is 10.2. The molecule has 2 heterocycles. The van der Waals surface area contributed by atoms with Crippen LogP contribution in [0.25, 0.3) is 0 Å². The van der Waals surface area contributed by atoms with Crippen LogP contribution in [0.15, 0.2) is 72.8 Å². The molecular formula is C30H31F4N3O2. The Morgan fingerprint density at radius 2 is 1.64 bits per heavy atom. The Morgan fingerprint density at radius 3 is 2.33 bits per heavy atom. The van der Waals surface area contributed by atoms with E-state index in [0.717, 1.165) is 43.7 Å². The number of anilines is 1. The molecule has 0 radical (unpaired) electrons. The monoisotopic (exact) mass is 541 g/mol. The summed E-state index contributed by atoms with van der Waals surface area (Å²) < 4.78 is 59.2. The first-order valence-electron chi connectivity index (χ1n) is 13.0. The van der Waals surface area contributed by atoms with Crippen LogP contribution >= 0.6 is 0 Å². The maximum Gasteiger partial charge on any atom is 0.416 e. The predicted octanol–water partition coefficient (Wildman–Crippen LogP) is 5.53. The zero-order chi connectivity index (χ0) is 27.6. The van der Waals surface area contributed by atoms with Crippen molar-refractivity contribution in [2.45, 2.75) is 12.1 Å². The Morgan fingerprint density at radius 1 is 0.923 bits per heavy atom. The summed E-state index contributed by atoms with van der Waals surface area (Å²) in [5, 5.41) is 0. The van der Waals surface area contributed by atoms with Gasteiger partial charge in [-0.15, -0.1) is 0 Å². The standard InChI is InChI=1S/C30H31F4N3O2/c1-39-27-7-3-6-26(17-27)36-14-12-35(13-15-36)18-23-19-37(29(38)21-8-10-25(31)11-9-21)20-28(23)22-4-2-5-24(16-22)30(32,33)34/h2-11,16-17,23,28H,12-15,18-20H2,1H3/t23-,28+/m0/s1. The van der Waals surface area contributed by atoms with Gasteiger partial charge in [0.05, 0.1) is 12.7 Å². The van der Waals surface area contributed by atoms with Gasteiger partial charge in [0.15, 0.2) is 0 Å². The zero-order valence-electron chi connectivity index (χ0n) is 21.7. The van der Waals surface area contributed by atoms with Crippen LogP contribution in [0.5, 0.6) is 5.75 Å². The van der Waals surface area contributed by atoms with Gasteiger partial charge in [-0.2, -0.15) is 13.2 Å². The molecule has 2 aliphatic heterocycles. The lowest BCUT2D eigenvalue weighted by Gasteiger charge is -2.38. The second-order valence-electron chi connectivity index (χ2n) is 10.2. The lowest BCUT2D eigenvalue weighted by atomic mass is 9.87. The Hall–Kier alpha value is -3.59. The number of likely N-dealkylation sites (tertiary alicyclic amines) is 1. The Bertz CT molecular complexity index is 1290. The molecule has 206 valence electrons. The van der Waals surface area contributed by atoms with Crippen LogP contribution in [-0.4, -0.2) is 68.6 Å². The highest BCUT2D eigenvalue weighted by molar-refractivity contribution is 5.94. The molecule has 0 aromatic heterocycles.